The Kier molecular flexibility index (Phi) is 6.64. The molecule has 0 unspecified atom stereocenters. The summed E-state index contributed by atoms with van der Waals surface area (Å²) in [7, 11) is 1.32. The third kappa shape index (κ3) is 4.63. The average molecular weight is 398 g/mol. The Morgan fingerprint density at radius 1 is 1.28 bits per heavy atom. The lowest BCUT2D eigenvalue weighted by Gasteiger charge is -2.05. The standard InChI is InChI=1S/C18H17Cl2NO3S/c1-4-12-10(2)25-17(16(12)18(23)24-3)21-15(22)8-6-11-5-7-13(19)14(20)9-11/h5-9H,4H2,1-3H3,(H,21,22). The van der Waals surface area contributed by atoms with Gasteiger partial charge in [0.1, 0.15) is 5.00 Å². The van der Waals surface area contributed by atoms with Crippen molar-refractivity contribution >= 4 is 57.5 Å². The van der Waals surface area contributed by atoms with Crippen LogP contribution in [0.5, 0.6) is 0 Å². The van der Waals surface area contributed by atoms with E-state index in [1.54, 1.807) is 24.3 Å². The van der Waals surface area contributed by atoms with Gasteiger partial charge in [0.25, 0.3) is 0 Å². The predicted octanol–water partition coefficient (Wildman–Crippen LogP) is 5.36. The van der Waals surface area contributed by atoms with Crippen molar-refractivity contribution in [1.82, 2.24) is 0 Å². The van der Waals surface area contributed by atoms with E-state index >= 15 is 0 Å². The lowest BCUT2D eigenvalue weighted by Crippen LogP contribution is -2.12. The zero-order valence-corrected chi connectivity index (χ0v) is 16.3. The monoisotopic (exact) mass is 397 g/mol. The largest absolute Gasteiger partial charge is 0.465 e. The van der Waals surface area contributed by atoms with Crippen LogP contribution in [0.4, 0.5) is 5.00 Å². The molecular weight excluding hydrogens is 381 g/mol. The van der Waals surface area contributed by atoms with Crippen molar-refractivity contribution in [3.05, 3.63) is 55.9 Å². The summed E-state index contributed by atoms with van der Waals surface area (Å²) in [4.78, 5) is 25.2. The average Bonchev–Trinajstić information content (AvgIpc) is 2.90. The molecule has 0 fully saturated rings. The molecule has 0 aliphatic rings. The Hall–Kier alpha value is -1.82. The van der Waals surface area contributed by atoms with Crippen LogP contribution < -0.4 is 5.32 Å². The van der Waals surface area contributed by atoms with Crippen molar-refractivity contribution in [3.63, 3.8) is 0 Å². The number of esters is 1. The smallest absolute Gasteiger partial charge is 0.341 e. The number of hydrogen-bond acceptors (Lipinski definition) is 4. The van der Waals surface area contributed by atoms with Gasteiger partial charge in [-0.15, -0.1) is 11.3 Å². The van der Waals surface area contributed by atoms with Gasteiger partial charge >= 0.3 is 5.97 Å². The van der Waals surface area contributed by atoms with Crippen molar-refractivity contribution < 1.29 is 14.3 Å². The molecular formula is C18H17Cl2NO3S. The molecule has 0 saturated heterocycles. The summed E-state index contributed by atoms with van der Waals surface area (Å²) in [6, 6.07) is 5.08. The van der Waals surface area contributed by atoms with Gasteiger partial charge in [-0.3, -0.25) is 4.79 Å². The zero-order valence-electron chi connectivity index (χ0n) is 14.0. The summed E-state index contributed by atoms with van der Waals surface area (Å²) in [5, 5.41) is 4.11. The molecule has 7 heteroatoms. The first-order valence-electron chi connectivity index (χ1n) is 7.52. The number of halogens is 2. The van der Waals surface area contributed by atoms with Crippen molar-refractivity contribution in [2.75, 3.05) is 12.4 Å². The number of nitrogens with one attached hydrogen (secondary N) is 1. The maximum absolute atomic E-state index is 12.2. The molecule has 132 valence electrons. The van der Waals surface area contributed by atoms with Gasteiger partial charge in [-0.05, 0) is 42.7 Å². The Bertz CT molecular complexity index is 843. The van der Waals surface area contributed by atoms with Gasteiger partial charge in [0.15, 0.2) is 0 Å². The second-order valence-corrected chi connectivity index (χ2v) is 7.22. The van der Waals surface area contributed by atoms with Crippen LogP contribution >= 0.6 is 34.5 Å². The Morgan fingerprint density at radius 2 is 2.00 bits per heavy atom. The molecule has 0 atom stereocenters. The number of carbonyl (C=O) groups is 2. The lowest BCUT2D eigenvalue weighted by atomic mass is 10.1. The molecule has 0 radical (unpaired) electrons. The topological polar surface area (TPSA) is 55.4 Å². The zero-order chi connectivity index (χ0) is 18.6. The molecule has 0 saturated carbocycles. The summed E-state index contributed by atoms with van der Waals surface area (Å²) in [6.45, 7) is 3.87. The van der Waals surface area contributed by atoms with Crippen LogP contribution in [0.1, 0.15) is 33.3 Å². The van der Waals surface area contributed by atoms with E-state index in [2.05, 4.69) is 5.32 Å². The normalized spacial score (nSPS) is 10.9. The second kappa shape index (κ2) is 8.52. The van der Waals surface area contributed by atoms with E-state index in [9.17, 15) is 9.59 Å². The van der Waals surface area contributed by atoms with Crippen LogP contribution in [0.2, 0.25) is 10.0 Å². The van der Waals surface area contributed by atoms with Crippen molar-refractivity contribution in [1.29, 1.82) is 0 Å². The van der Waals surface area contributed by atoms with Gasteiger partial charge < -0.3 is 10.1 Å². The highest BCUT2D eigenvalue weighted by atomic mass is 35.5. The molecule has 4 nitrogen and oxygen atoms in total. The molecule has 1 heterocycles. The number of anilines is 1. The first kappa shape index (κ1) is 19.5. The van der Waals surface area contributed by atoms with Crippen molar-refractivity contribution in [2.45, 2.75) is 20.3 Å². The maximum atomic E-state index is 12.2. The third-order valence-electron chi connectivity index (χ3n) is 3.56. The number of aryl methyl sites for hydroxylation is 1. The number of methoxy groups -OCH3 is 1. The molecule has 0 aliphatic carbocycles. The molecule has 1 aromatic carbocycles. The Balaban J connectivity index is 2.21. The minimum Gasteiger partial charge on any atom is -0.465 e. The third-order valence-corrected chi connectivity index (χ3v) is 5.36. The predicted molar refractivity (Wildman–Crippen MR) is 104 cm³/mol. The van der Waals surface area contributed by atoms with E-state index in [1.807, 2.05) is 13.8 Å². The molecule has 2 rings (SSSR count). The minimum atomic E-state index is -0.454. The van der Waals surface area contributed by atoms with E-state index in [-0.39, 0.29) is 5.91 Å². The molecule has 1 amide bonds. The number of amides is 1. The van der Waals surface area contributed by atoms with E-state index < -0.39 is 5.97 Å². The Morgan fingerprint density at radius 3 is 2.60 bits per heavy atom. The number of hydrogen-bond donors (Lipinski definition) is 1. The summed E-state index contributed by atoms with van der Waals surface area (Å²) in [6.07, 6.45) is 3.68. The van der Waals surface area contributed by atoms with Gasteiger partial charge in [-0.2, -0.15) is 0 Å². The van der Waals surface area contributed by atoms with Gasteiger partial charge in [0.05, 0.1) is 22.7 Å². The van der Waals surface area contributed by atoms with Crippen LogP contribution in [-0.2, 0) is 16.0 Å². The van der Waals surface area contributed by atoms with E-state index in [0.717, 1.165) is 16.0 Å². The first-order valence-corrected chi connectivity index (χ1v) is 9.09. The van der Waals surface area contributed by atoms with Gasteiger partial charge in [-0.25, -0.2) is 4.79 Å². The second-order valence-electron chi connectivity index (χ2n) is 5.18. The fourth-order valence-electron chi connectivity index (χ4n) is 2.35. The van der Waals surface area contributed by atoms with E-state index in [4.69, 9.17) is 27.9 Å². The fourth-order valence-corrected chi connectivity index (χ4v) is 3.79. The highest BCUT2D eigenvalue weighted by molar-refractivity contribution is 7.16. The first-order chi connectivity index (χ1) is 11.9. The maximum Gasteiger partial charge on any atom is 0.341 e. The molecule has 0 aliphatic heterocycles. The molecule has 1 aromatic heterocycles. The minimum absolute atomic E-state index is 0.347. The highest BCUT2D eigenvalue weighted by Gasteiger charge is 2.22. The summed E-state index contributed by atoms with van der Waals surface area (Å²) < 4.78 is 4.84. The Labute approximate surface area is 160 Å². The molecule has 0 bridgehead atoms. The van der Waals surface area contributed by atoms with Crippen LogP contribution in [0, 0.1) is 6.92 Å². The van der Waals surface area contributed by atoms with Crippen molar-refractivity contribution in [3.8, 4) is 0 Å². The lowest BCUT2D eigenvalue weighted by molar-refractivity contribution is -0.111. The highest BCUT2D eigenvalue weighted by Crippen LogP contribution is 2.34. The summed E-state index contributed by atoms with van der Waals surface area (Å²) in [5.41, 5.74) is 2.05. The number of rotatable bonds is 5. The van der Waals surface area contributed by atoms with Crippen LogP contribution in [0.3, 0.4) is 0 Å². The number of ether oxygens (including phenoxy) is 1. The molecule has 25 heavy (non-hydrogen) atoms. The quantitative estimate of drug-likeness (QED) is 0.545. The SMILES string of the molecule is CCc1c(C)sc(NC(=O)C=Cc2ccc(Cl)c(Cl)c2)c1C(=O)OC. The van der Waals surface area contributed by atoms with E-state index in [1.165, 1.54) is 24.5 Å². The van der Waals surface area contributed by atoms with Crippen LogP contribution in [-0.4, -0.2) is 19.0 Å². The number of carbonyl (C=O) groups excluding carboxylic acids is 2. The summed E-state index contributed by atoms with van der Waals surface area (Å²) in [5.74, 6) is -0.801. The van der Waals surface area contributed by atoms with Gasteiger partial charge in [-0.1, -0.05) is 36.2 Å². The van der Waals surface area contributed by atoms with Crippen LogP contribution in [0.15, 0.2) is 24.3 Å². The molecule has 2 aromatic rings. The number of benzene rings is 1. The molecule has 1 N–H and O–H groups in total. The van der Waals surface area contributed by atoms with Crippen LogP contribution in [0.25, 0.3) is 6.08 Å². The van der Waals surface area contributed by atoms with E-state index in [0.29, 0.717) is 27.0 Å². The van der Waals surface area contributed by atoms with Gasteiger partial charge in [0, 0.05) is 11.0 Å². The summed E-state index contributed by atoms with van der Waals surface area (Å²) >= 11 is 13.2. The molecule has 0 spiro atoms. The number of thiophene rings is 1. The fraction of sp³-hybridized carbons (Fsp3) is 0.222. The van der Waals surface area contributed by atoms with Crippen molar-refractivity contribution in [2.24, 2.45) is 0 Å². The van der Waals surface area contributed by atoms with Gasteiger partial charge in [0.2, 0.25) is 5.91 Å².